The number of aliphatic carboxylic acids is 2. The lowest BCUT2D eigenvalue weighted by Crippen LogP contribution is -2.48. The minimum atomic E-state index is -3.71. The molecule has 7 heterocycles. The number of halogens is 1. The van der Waals surface area contributed by atoms with E-state index < -0.39 is 39.7 Å². The third-order valence-electron chi connectivity index (χ3n) is 15.0. The monoisotopic (exact) mass is 1340 g/mol. The first-order valence-electron chi connectivity index (χ1n) is 29.5. The summed E-state index contributed by atoms with van der Waals surface area (Å²) in [4.78, 5) is 80.9. The topological polar surface area (TPSA) is 398 Å². The van der Waals surface area contributed by atoms with Crippen molar-refractivity contribution in [2.75, 3.05) is 67.5 Å². The molecule has 10 rings (SSSR count). The van der Waals surface area contributed by atoms with Gasteiger partial charge in [0.2, 0.25) is 21.8 Å². The number of likely N-dealkylation sites (N-methyl/N-ethyl adjacent to an activating group) is 3. The fraction of sp³-hybridized carbons (Fsp3) is 0.369. The molecule has 0 aliphatic carbocycles. The Morgan fingerprint density at radius 2 is 1.07 bits per heavy atom. The van der Waals surface area contributed by atoms with Crippen molar-refractivity contribution < 1.29 is 69.2 Å². The number of nitrogens with one attached hydrogen (secondary N) is 1. The van der Waals surface area contributed by atoms with Gasteiger partial charge in [0.15, 0.2) is 23.5 Å². The number of carboxylic acids is 2. The van der Waals surface area contributed by atoms with Gasteiger partial charge in [0.1, 0.15) is 22.9 Å². The zero-order valence-electron chi connectivity index (χ0n) is 54.8. The fourth-order valence-corrected chi connectivity index (χ4v) is 11.3. The van der Waals surface area contributed by atoms with E-state index in [0.717, 1.165) is 75.1 Å². The third kappa shape index (κ3) is 18.9. The van der Waals surface area contributed by atoms with Crippen molar-refractivity contribution in [3.05, 3.63) is 159 Å². The summed E-state index contributed by atoms with van der Waals surface area (Å²) in [6.07, 6.45) is 1.76. The van der Waals surface area contributed by atoms with Crippen molar-refractivity contribution in [2.24, 2.45) is 0 Å². The highest BCUT2D eigenvalue weighted by molar-refractivity contribution is 7.89. The summed E-state index contributed by atoms with van der Waals surface area (Å²) >= 11 is 0. The Bertz CT molecular complexity index is 4050. The number of hydrogen-bond donors (Lipinski definition) is 5. The van der Waals surface area contributed by atoms with Gasteiger partial charge in [-0.15, -0.1) is 12.4 Å². The van der Waals surface area contributed by atoms with Crippen LogP contribution in [0, 0.1) is 34.6 Å². The van der Waals surface area contributed by atoms with Crippen molar-refractivity contribution in [2.45, 2.75) is 98.2 Å². The number of imidazole rings is 3. The van der Waals surface area contributed by atoms with Gasteiger partial charge in [-0.25, -0.2) is 37.5 Å². The lowest BCUT2D eigenvalue weighted by molar-refractivity contribution is -0.165. The molecule has 9 aromatic rings. The Hall–Kier alpha value is -8.97. The zero-order chi connectivity index (χ0) is 65.9. The van der Waals surface area contributed by atoms with Gasteiger partial charge in [0.05, 0.1) is 58.4 Å². The summed E-state index contributed by atoms with van der Waals surface area (Å²) in [7, 11) is 3.41. The number of aliphatic hydroxyl groups is 2. The van der Waals surface area contributed by atoms with Crippen LogP contribution in [0.1, 0.15) is 72.4 Å². The molecule has 0 saturated carbocycles. The van der Waals surface area contributed by atoms with E-state index in [4.69, 9.17) is 35.1 Å². The van der Waals surface area contributed by atoms with Crippen molar-refractivity contribution in [1.82, 2.24) is 57.4 Å². The molecule has 6 aromatic heterocycles. The highest BCUT2D eigenvalue weighted by Gasteiger charge is 2.31. The Balaban J connectivity index is 0.000000343. The number of amides is 2. The van der Waals surface area contributed by atoms with E-state index in [0.29, 0.717) is 74.6 Å². The first-order valence-corrected chi connectivity index (χ1v) is 30.9. The molecule has 2 atom stereocenters. The van der Waals surface area contributed by atoms with E-state index in [2.05, 4.69) is 89.3 Å². The van der Waals surface area contributed by atoms with E-state index in [-0.39, 0.29) is 51.4 Å². The Kier molecular flexibility index (Phi) is 29.3. The number of pyridine rings is 2. The van der Waals surface area contributed by atoms with E-state index in [9.17, 15) is 32.4 Å². The lowest BCUT2D eigenvalue weighted by atomic mass is 10.1. The number of carbonyl (C=O) groups excluding carboxylic acids is 2. The normalized spacial score (nSPS) is 12.7. The number of carboxylic acid groups (broad SMARTS) is 2. The largest absolute Gasteiger partial charge is 0.493 e. The number of sulfonamides is 1. The van der Waals surface area contributed by atoms with Gasteiger partial charge < -0.3 is 65.1 Å². The van der Waals surface area contributed by atoms with Crippen LogP contribution in [-0.2, 0) is 48.5 Å². The fourth-order valence-electron chi connectivity index (χ4n) is 9.82. The van der Waals surface area contributed by atoms with Crippen LogP contribution in [-0.4, -0.2) is 206 Å². The predicted octanol–water partition coefficient (Wildman–Crippen LogP) is 4.39. The summed E-state index contributed by atoms with van der Waals surface area (Å²) in [5.41, 5.74) is 13.1. The molecule has 1 fully saturated rings. The lowest BCUT2D eigenvalue weighted by Gasteiger charge is -2.33. The number of rotatable bonds is 17. The van der Waals surface area contributed by atoms with Gasteiger partial charge >= 0.3 is 11.9 Å². The third-order valence-corrected chi connectivity index (χ3v) is 16.9. The number of aliphatic hydroxyl groups excluding tert-OH is 2. The second-order valence-electron chi connectivity index (χ2n) is 22.3. The number of nitrogens with zero attached hydrogens (tertiary/aromatic N) is 11. The SMILES string of the molecule is CCCc1nc(C)c2c(=O)nc(-c3cc(S(=O)(=O)N4CCN(CC)CC4)ccc3OCC)[nH]n12.Cc1ccc(-c2nc3ccc(C)cn3c2CC(=O)N(C)C)cc1.Cc1ccc(-c2nc3ccc(C)cn3c2CC(=O)N(C)C)cc1.Cl.O.O.O.O=C(O)C(O)C(O)C(=O)O. The highest BCUT2D eigenvalue weighted by Crippen LogP contribution is 2.33. The number of benzene rings is 3. The van der Waals surface area contributed by atoms with Gasteiger partial charge in [-0.3, -0.25) is 19.5 Å². The number of hydrogen-bond acceptors (Lipinski definition) is 15. The van der Waals surface area contributed by atoms with E-state index in [1.54, 1.807) is 67.6 Å². The number of aryl methyl sites for hydroxylation is 6. The van der Waals surface area contributed by atoms with Crippen LogP contribution >= 0.6 is 12.4 Å². The molecular weight excluding hydrogens is 1260 g/mol. The standard InChI is InChI=1S/C23H32N6O4S.2C19H21N3O.C4H6O6.ClH.3H2O/c1-5-8-20-24-16(4)21-23(30)25-22(26-29(20)21)18-15-17(9-10-19(18)33-7-3)34(31,32)28-13-11-27(6-2)12-14-28;2*1-13-5-8-15(9-6-13)19-16(11-18(23)21(3)4)22-12-14(2)7-10-17(22)20-19;5-1(3(7)8)2(6)4(9)10;;;;/h9-10,15H,5-8,11-14H2,1-4H3,(H,25,26,30);2*5-10,12H,11H2,1-4H3;1-2,5-6H,(H,7,8)(H,9,10);1H;3*1H2. The van der Waals surface area contributed by atoms with Crippen molar-refractivity contribution >= 4 is 63.0 Å². The molecule has 27 nitrogen and oxygen atoms in total. The molecule has 0 bridgehead atoms. The maximum atomic E-state index is 13.4. The first-order chi connectivity index (χ1) is 42.7. The number of ether oxygens (including phenoxy) is 1. The maximum Gasteiger partial charge on any atom is 0.335 e. The van der Waals surface area contributed by atoms with Crippen LogP contribution in [0.3, 0.4) is 0 Å². The summed E-state index contributed by atoms with van der Waals surface area (Å²) < 4.78 is 39.8. The molecule has 3 aromatic carbocycles. The van der Waals surface area contributed by atoms with Gasteiger partial charge in [-0.2, -0.15) is 9.29 Å². The van der Waals surface area contributed by atoms with Crippen molar-refractivity contribution in [3.63, 3.8) is 0 Å². The summed E-state index contributed by atoms with van der Waals surface area (Å²) in [5.74, 6) is -1.98. The first kappa shape index (κ1) is 79.3. The smallest absolute Gasteiger partial charge is 0.335 e. The summed E-state index contributed by atoms with van der Waals surface area (Å²) in [6.45, 7) is 19.5. The molecule has 2 unspecified atom stereocenters. The summed E-state index contributed by atoms with van der Waals surface area (Å²) in [6, 6.07) is 29.3. The van der Waals surface area contributed by atoms with Gasteiger partial charge in [0, 0.05) is 84.3 Å². The van der Waals surface area contributed by atoms with Crippen LogP contribution in [0.4, 0.5) is 0 Å². The number of piperazine rings is 1. The number of aromatic amines is 1. The molecule has 1 saturated heterocycles. The number of aromatic nitrogens is 8. The average molecular weight is 1340 g/mol. The molecule has 0 radical (unpaired) electrons. The van der Waals surface area contributed by atoms with Crippen LogP contribution in [0.25, 0.3) is 50.7 Å². The number of fused-ring (bicyclic) bond motifs is 3. The van der Waals surface area contributed by atoms with E-state index >= 15 is 0 Å². The zero-order valence-corrected chi connectivity index (χ0v) is 56.5. The van der Waals surface area contributed by atoms with Crippen molar-refractivity contribution in [1.29, 1.82) is 0 Å². The number of carbonyl (C=O) groups is 4. The predicted molar refractivity (Wildman–Crippen MR) is 360 cm³/mol. The molecule has 0 spiro atoms. The molecule has 11 N–H and O–H groups in total. The molecule has 94 heavy (non-hydrogen) atoms. The summed E-state index contributed by atoms with van der Waals surface area (Å²) in [5, 5.41) is 35.7. The minimum Gasteiger partial charge on any atom is -0.493 e. The van der Waals surface area contributed by atoms with Crippen LogP contribution in [0.2, 0.25) is 0 Å². The van der Waals surface area contributed by atoms with E-state index in [1.807, 2.05) is 73.2 Å². The Morgan fingerprint density at radius 3 is 1.48 bits per heavy atom. The maximum absolute atomic E-state index is 13.4. The Labute approximate surface area is 551 Å². The van der Waals surface area contributed by atoms with Crippen LogP contribution in [0.15, 0.2) is 113 Å². The van der Waals surface area contributed by atoms with Crippen molar-refractivity contribution in [3.8, 4) is 39.7 Å². The molecule has 2 amide bonds. The highest BCUT2D eigenvalue weighted by atomic mass is 35.5. The molecule has 1 aliphatic heterocycles. The second-order valence-corrected chi connectivity index (χ2v) is 24.2. The second kappa shape index (κ2) is 34.8. The van der Waals surface area contributed by atoms with Gasteiger partial charge in [-0.1, -0.05) is 85.6 Å². The molecule has 1 aliphatic rings. The average Bonchev–Trinajstić information content (AvgIpc) is 1.46. The Morgan fingerprint density at radius 1 is 0.628 bits per heavy atom. The molecular formula is C65H87ClN12O15S. The quantitative estimate of drug-likeness (QED) is 0.0843. The van der Waals surface area contributed by atoms with E-state index in [1.165, 1.54) is 15.4 Å². The molecule has 29 heteroatoms. The van der Waals surface area contributed by atoms with Crippen LogP contribution < -0.4 is 10.3 Å². The molecule has 510 valence electrons. The van der Waals surface area contributed by atoms with Crippen LogP contribution in [0.5, 0.6) is 5.75 Å². The van der Waals surface area contributed by atoms with Gasteiger partial charge in [0.25, 0.3) is 5.56 Å². The van der Waals surface area contributed by atoms with Gasteiger partial charge in [-0.05, 0) is 96.0 Å². The number of H-pyrrole nitrogens is 1. The minimum absolute atomic E-state index is 0.